The first kappa shape index (κ1) is 15.4. The van der Waals surface area contributed by atoms with Gasteiger partial charge in [0.2, 0.25) is 10.0 Å². The lowest BCUT2D eigenvalue weighted by atomic mass is 9.92. The van der Waals surface area contributed by atoms with Crippen LogP contribution in [0.2, 0.25) is 0 Å². The molecule has 1 unspecified atom stereocenters. The Morgan fingerprint density at radius 1 is 1.12 bits per heavy atom. The number of rotatable bonds is 3. The summed E-state index contributed by atoms with van der Waals surface area (Å²) in [6.45, 7) is 0. The molecule has 0 aliphatic heterocycles. The van der Waals surface area contributed by atoms with Gasteiger partial charge < -0.3 is 4.98 Å². The molecule has 0 bridgehead atoms. The molecule has 1 atom stereocenters. The predicted octanol–water partition coefficient (Wildman–Crippen LogP) is 3.14. The fourth-order valence-electron chi connectivity index (χ4n) is 3.38. The summed E-state index contributed by atoms with van der Waals surface area (Å²) < 4.78 is 41.2. The van der Waals surface area contributed by atoms with E-state index in [0.717, 1.165) is 28.6 Å². The minimum Gasteiger partial charge on any atom is -0.358 e. The fraction of sp³-hybridized carbons (Fsp3) is 0.222. The molecule has 0 saturated carbocycles. The Kier molecular flexibility index (Phi) is 3.66. The number of aryl methyl sites for hydroxylation is 1. The van der Waals surface area contributed by atoms with E-state index in [4.69, 9.17) is 0 Å². The van der Waals surface area contributed by atoms with Crippen LogP contribution in [0.25, 0.3) is 10.9 Å². The van der Waals surface area contributed by atoms with Gasteiger partial charge in [-0.05, 0) is 55.2 Å². The average Bonchev–Trinajstić information content (AvgIpc) is 2.92. The number of aromatic nitrogens is 1. The highest BCUT2D eigenvalue weighted by Gasteiger charge is 2.26. The summed E-state index contributed by atoms with van der Waals surface area (Å²) in [5, 5.41) is 0.968. The number of hydrogen-bond donors (Lipinski definition) is 2. The molecule has 6 heteroatoms. The molecule has 0 saturated heterocycles. The molecule has 0 fully saturated rings. The predicted molar refractivity (Wildman–Crippen MR) is 90.8 cm³/mol. The monoisotopic (exact) mass is 344 g/mol. The molecule has 1 aliphatic carbocycles. The molecule has 1 heterocycles. The number of H-pyrrole nitrogens is 1. The molecule has 1 aliphatic rings. The zero-order valence-corrected chi connectivity index (χ0v) is 13.7. The van der Waals surface area contributed by atoms with Crippen LogP contribution in [-0.4, -0.2) is 19.4 Å². The number of fused-ring (bicyclic) bond motifs is 3. The first-order valence-electron chi connectivity index (χ1n) is 7.89. The summed E-state index contributed by atoms with van der Waals surface area (Å²) in [7, 11) is -3.53. The van der Waals surface area contributed by atoms with E-state index in [0.29, 0.717) is 12.8 Å². The van der Waals surface area contributed by atoms with Crippen molar-refractivity contribution in [2.24, 2.45) is 0 Å². The second kappa shape index (κ2) is 5.72. The maximum Gasteiger partial charge on any atom is 0.240 e. The van der Waals surface area contributed by atoms with Gasteiger partial charge in [0.05, 0.1) is 4.90 Å². The zero-order chi connectivity index (χ0) is 16.7. The summed E-state index contributed by atoms with van der Waals surface area (Å²) in [6.07, 6.45) is 2.06. The van der Waals surface area contributed by atoms with E-state index in [1.807, 2.05) is 0 Å². The van der Waals surface area contributed by atoms with Crippen LogP contribution in [-0.2, 0) is 22.9 Å². The summed E-state index contributed by atoms with van der Waals surface area (Å²) in [6, 6.07) is 12.9. The number of aromatic amines is 1. The zero-order valence-electron chi connectivity index (χ0n) is 12.9. The van der Waals surface area contributed by atoms with Crippen molar-refractivity contribution in [2.75, 3.05) is 0 Å². The van der Waals surface area contributed by atoms with Crippen molar-refractivity contribution >= 4 is 20.9 Å². The Morgan fingerprint density at radius 3 is 2.71 bits per heavy atom. The van der Waals surface area contributed by atoms with Gasteiger partial charge in [-0.2, -0.15) is 0 Å². The van der Waals surface area contributed by atoms with Crippen LogP contribution in [0.5, 0.6) is 0 Å². The van der Waals surface area contributed by atoms with Gasteiger partial charge in [0.1, 0.15) is 5.82 Å². The molecule has 0 spiro atoms. The number of nitrogens with one attached hydrogen (secondary N) is 2. The molecule has 2 aromatic carbocycles. The molecule has 0 amide bonds. The second-order valence-corrected chi connectivity index (χ2v) is 7.86. The van der Waals surface area contributed by atoms with Crippen LogP contribution in [0.4, 0.5) is 4.39 Å². The number of halogens is 1. The average molecular weight is 344 g/mol. The first-order chi connectivity index (χ1) is 11.5. The number of sulfonamides is 1. The molecule has 124 valence electrons. The highest BCUT2D eigenvalue weighted by molar-refractivity contribution is 7.89. The van der Waals surface area contributed by atoms with Crippen molar-refractivity contribution in [3.8, 4) is 0 Å². The SMILES string of the molecule is O=S(=O)(NC1CCc2[nH]c3cc(F)ccc3c2C1)c1ccccc1. The molecule has 24 heavy (non-hydrogen) atoms. The van der Waals surface area contributed by atoms with Gasteiger partial charge in [-0.15, -0.1) is 0 Å². The highest BCUT2D eigenvalue weighted by atomic mass is 32.2. The van der Waals surface area contributed by atoms with Gasteiger partial charge in [0.15, 0.2) is 0 Å². The van der Waals surface area contributed by atoms with Crippen molar-refractivity contribution in [1.29, 1.82) is 0 Å². The van der Waals surface area contributed by atoms with E-state index < -0.39 is 10.0 Å². The Labute approximate surface area is 139 Å². The van der Waals surface area contributed by atoms with Crippen molar-refractivity contribution in [3.05, 3.63) is 65.6 Å². The largest absolute Gasteiger partial charge is 0.358 e. The maximum atomic E-state index is 13.4. The van der Waals surface area contributed by atoms with Crippen LogP contribution < -0.4 is 4.72 Å². The first-order valence-corrected chi connectivity index (χ1v) is 9.37. The highest BCUT2D eigenvalue weighted by Crippen LogP contribution is 2.30. The lowest BCUT2D eigenvalue weighted by Crippen LogP contribution is -2.38. The lowest BCUT2D eigenvalue weighted by molar-refractivity contribution is 0.506. The van der Waals surface area contributed by atoms with Crippen molar-refractivity contribution in [3.63, 3.8) is 0 Å². The van der Waals surface area contributed by atoms with E-state index in [1.165, 1.54) is 12.1 Å². The third-order valence-electron chi connectivity index (χ3n) is 4.53. The Hall–Kier alpha value is -2.18. The van der Waals surface area contributed by atoms with Gasteiger partial charge in [-0.3, -0.25) is 0 Å². The van der Waals surface area contributed by atoms with Gasteiger partial charge >= 0.3 is 0 Å². The van der Waals surface area contributed by atoms with Crippen LogP contribution in [0.3, 0.4) is 0 Å². The maximum absolute atomic E-state index is 13.4. The van der Waals surface area contributed by atoms with Crippen LogP contribution in [0.15, 0.2) is 53.4 Å². The molecule has 4 nitrogen and oxygen atoms in total. The normalized spacial score (nSPS) is 17.8. The van der Waals surface area contributed by atoms with Crippen LogP contribution in [0, 0.1) is 5.82 Å². The Morgan fingerprint density at radius 2 is 1.92 bits per heavy atom. The van der Waals surface area contributed by atoms with E-state index >= 15 is 0 Å². The van der Waals surface area contributed by atoms with Crippen molar-refractivity contribution in [1.82, 2.24) is 9.71 Å². The summed E-state index contributed by atoms with van der Waals surface area (Å²) in [4.78, 5) is 3.53. The summed E-state index contributed by atoms with van der Waals surface area (Å²) in [5.74, 6) is -0.276. The van der Waals surface area contributed by atoms with E-state index in [2.05, 4.69) is 9.71 Å². The summed E-state index contributed by atoms with van der Waals surface area (Å²) in [5.41, 5.74) is 2.93. The smallest absolute Gasteiger partial charge is 0.240 e. The molecular formula is C18H17FN2O2S. The van der Waals surface area contributed by atoms with Gasteiger partial charge in [-0.1, -0.05) is 18.2 Å². The lowest BCUT2D eigenvalue weighted by Gasteiger charge is -2.23. The topological polar surface area (TPSA) is 62.0 Å². The standard InChI is InChI=1S/C18H17FN2O2S/c19-12-6-8-15-16-11-13(7-9-17(16)20-18(15)10-12)21-24(22,23)14-4-2-1-3-5-14/h1-6,8,10,13,20-21H,7,9,11H2. The van der Waals surface area contributed by atoms with Gasteiger partial charge in [0.25, 0.3) is 0 Å². The molecule has 2 N–H and O–H groups in total. The minimum absolute atomic E-state index is 0.160. The summed E-state index contributed by atoms with van der Waals surface area (Å²) >= 11 is 0. The number of benzene rings is 2. The van der Waals surface area contributed by atoms with Gasteiger partial charge in [0, 0.05) is 22.6 Å². The minimum atomic E-state index is -3.53. The third kappa shape index (κ3) is 2.72. The second-order valence-electron chi connectivity index (χ2n) is 6.15. The quantitative estimate of drug-likeness (QED) is 0.767. The molecule has 1 aromatic heterocycles. The van der Waals surface area contributed by atoms with Crippen molar-refractivity contribution in [2.45, 2.75) is 30.2 Å². The third-order valence-corrected chi connectivity index (χ3v) is 6.06. The van der Waals surface area contributed by atoms with Gasteiger partial charge in [-0.25, -0.2) is 17.5 Å². The molecule has 0 radical (unpaired) electrons. The molecular weight excluding hydrogens is 327 g/mol. The van der Waals surface area contributed by atoms with E-state index in [9.17, 15) is 12.8 Å². The van der Waals surface area contributed by atoms with E-state index in [1.54, 1.807) is 36.4 Å². The molecule has 3 aromatic rings. The Bertz CT molecular complexity index is 997. The van der Waals surface area contributed by atoms with Crippen LogP contribution in [0.1, 0.15) is 17.7 Å². The van der Waals surface area contributed by atoms with Crippen molar-refractivity contribution < 1.29 is 12.8 Å². The van der Waals surface area contributed by atoms with Crippen LogP contribution >= 0.6 is 0 Å². The number of hydrogen-bond acceptors (Lipinski definition) is 2. The Balaban J connectivity index is 1.62. The van der Waals surface area contributed by atoms with E-state index in [-0.39, 0.29) is 16.8 Å². The fourth-order valence-corrected chi connectivity index (χ4v) is 4.68. The molecule has 4 rings (SSSR count).